The van der Waals surface area contributed by atoms with E-state index in [1.54, 1.807) is 47.4 Å². The van der Waals surface area contributed by atoms with E-state index in [-0.39, 0.29) is 18.5 Å². The third kappa shape index (κ3) is 5.21. The van der Waals surface area contributed by atoms with E-state index in [4.69, 9.17) is 27.6 Å². The van der Waals surface area contributed by atoms with Crippen LogP contribution in [0.1, 0.15) is 25.3 Å². The lowest BCUT2D eigenvalue weighted by Gasteiger charge is -2.23. The van der Waals surface area contributed by atoms with Crippen LogP contribution in [0.3, 0.4) is 0 Å². The Kier molecular flexibility index (Phi) is 6.49. The van der Waals surface area contributed by atoms with Crippen molar-refractivity contribution in [2.75, 3.05) is 0 Å². The number of amides is 1. The van der Waals surface area contributed by atoms with Gasteiger partial charge in [-0.2, -0.15) is 0 Å². The average Bonchev–Trinajstić information content (AvgIpc) is 3.13. The summed E-state index contributed by atoms with van der Waals surface area (Å²) in [6, 6.07) is 14.4. The van der Waals surface area contributed by atoms with Gasteiger partial charge in [0, 0.05) is 27.7 Å². The van der Waals surface area contributed by atoms with Gasteiger partial charge in [0.25, 0.3) is 0 Å². The number of nitrogens with zero attached hydrogens (tertiary/aromatic N) is 3. The van der Waals surface area contributed by atoms with E-state index in [9.17, 15) is 4.79 Å². The van der Waals surface area contributed by atoms with Crippen LogP contribution in [-0.4, -0.2) is 27.0 Å². The fraction of sp³-hybridized carbons (Fsp3) is 0.190. The Morgan fingerprint density at radius 1 is 1.11 bits per heavy atom. The van der Waals surface area contributed by atoms with Crippen molar-refractivity contribution >= 4 is 35.2 Å². The van der Waals surface area contributed by atoms with Crippen molar-refractivity contribution in [2.24, 2.45) is 0 Å². The standard InChI is InChI=1S/C21H19Cl2N3O2/c1-14(2)26(20(27)11-6-15-4-3-5-18(23)12-15)13-19-24-25-21(28-19)16-7-9-17(22)10-8-16/h3-12,14H,13H2,1-2H3/b11-6+. The molecule has 0 aliphatic carbocycles. The number of carbonyl (C=O) groups excluding carboxylic acids is 1. The highest BCUT2D eigenvalue weighted by Crippen LogP contribution is 2.21. The van der Waals surface area contributed by atoms with Gasteiger partial charge in [-0.25, -0.2) is 0 Å². The van der Waals surface area contributed by atoms with Crippen molar-refractivity contribution in [1.82, 2.24) is 15.1 Å². The highest BCUT2D eigenvalue weighted by atomic mass is 35.5. The predicted molar refractivity (Wildman–Crippen MR) is 111 cm³/mol. The van der Waals surface area contributed by atoms with Crippen LogP contribution in [0.2, 0.25) is 10.0 Å². The van der Waals surface area contributed by atoms with E-state index < -0.39 is 0 Å². The minimum atomic E-state index is -0.152. The predicted octanol–water partition coefficient (Wildman–Crippen LogP) is 5.49. The minimum Gasteiger partial charge on any atom is -0.419 e. The third-order valence-electron chi connectivity index (χ3n) is 4.04. The van der Waals surface area contributed by atoms with Gasteiger partial charge in [-0.05, 0) is 61.9 Å². The van der Waals surface area contributed by atoms with Gasteiger partial charge in [0.1, 0.15) is 0 Å². The highest BCUT2D eigenvalue weighted by molar-refractivity contribution is 6.31. The molecule has 0 aliphatic rings. The minimum absolute atomic E-state index is 0.0395. The molecule has 0 bridgehead atoms. The Morgan fingerprint density at radius 2 is 1.86 bits per heavy atom. The summed E-state index contributed by atoms with van der Waals surface area (Å²) in [4.78, 5) is 14.3. The molecule has 0 fully saturated rings. The van der Waals surface area contributed by atoms with Gasteiger partial charge in [0.05, 0.1) is 6.54 Å². The maximum absolute atomic E-state index is 12.7. The molecule has 0 atom stereocenters. The molecule has 0 saturated carbocycles. The lowest BCUT2D eigenvalue weighted by molar-refractivity contribution is -0.128. The first kappa shape index (κ1) is 20.1. The fourth-order valence-electron chi connectivity index (χ4n) is 2.56. The molecule has 0 spiro atoms. The first-order valence-electron chi connectivity index (χ1n) is 8.75. The molecule has 1 heterocycles. The summed E-state index contributed by atoms with van der Waals surface area (Å²) in [5.74, 6) is 0.599. The van der Waals surface area contributed by atoms with Gasteiger partial charge < -0.3 is 9.32 Å². The molecule has 3 rings (SSSR count). The zero-order valence-electron chi connectivity index (χ0n) is 15.5. The van der Waals surface area contributed by atoms with Gasteiger partial charge in [-0.1, -0.05) is 35.3 Å². The third-order valence-corrected chi connectivity index (χ3v) is 4.52. The lowest BCUT2D eigenvalue weighted by Crippen LogP contribution is -2.35. The number of halogens is 2. The van der Waals surface area contributed by atoms with E-state index in [1.807, 2.05) is 26.0 Å². The van der Waals surface area contributed by atoms with Crippen molar-refractivity contribution in [3.8, 4) is 11.5 Å². The van der Waals surface area contributed by atoms with E-state index >= 15 is 0 Å². The normalized spacial score (nSPS) is 11.3. The topological polar surface area (TPSA) is 59.2 Å². The fourth-order valence-corrected chi connectivity index (χ4v) is 2.89. The molecule has 0 unspecified atom stereocenters. The molecule has 5 nitrogen and oxygen atoms in total. The summed E-state index contributed by atoms with van der Waals surface area (Å²) in [6.45, 7) is 4.08. The maximum atomic E-state index is 12.7. The number of aromatic nitrogens is 2. The molecule has 0 N–H and O–H groups in total. The first-order chi connectivity index (χ1) is 13.4. The molecular formula is C21H19Cl2N3O2. The molecule has 0 aliphatic heterocycles. The van der Waals surface area contributed by atoms with Crippen molar-refractivity contribution in [2.45, 2.75) is 26.4 Å². The van der Waals surface area contributed by atoms with Gasteiger partial charge in [-0.3, -0.25) is 4.79 Å². The van der Waals surface area contributed by atoms with Crippen LogP contribution in [0.5, 0.6) is 0 Å². The summed E-state index contributed by atoms with van der Waals surface area (Å²) in [5, 5.41) is 9.38. The molecular weight excluding hydrogens is 397 g/mol. The molecule has 2 aromatic carbocycles. The van der Waals surface area contributed by atoms with Crippen LogP contribution < -0.4 is 0 Å². The Morgan fingerprint density at radius 3 is 2.54 bits per heavy atom. The van der Waals surface area contributed by atoms with E-state index in [0.717, 1.165) is 11.1 Å². The largest absolute Gasteiger partial charge is 0.419 e. The number of hydrogen-bond donors (Lipinski definition) is 0. The summed E-state index contributed by atoms with van der Waals surface area (Å²) in [5.41, 5.74) is 1.62. The maximum Gasteiger partial charge on any atom is 0.247 e. The zero-order chi connectivity index (χ0) is 20.1. The SMILES string of the molecule is CC(C)N(Cc1nnc(-c2ccc(Cl)cc2)o1)C(=O)/C=C/c1cccc(Cl)c1. The van der Waals surface area contributed by atoms with Crippen LogP contribution in [0.15, 0.2) is 59.0 Å². The van der Waals surface area contributed by atoms with E-state index in [2.05, 4.69) is 10.2 Å². The number of benzene rings is 2. The Balaban J connectivity index is 1.72. The highest BCUT2D eigenvalue weighted by Gasteiger charge is 2.19. The molecule has 1 amide bonds. The van der Waals surface area contributed by atoms with Crippen molar-refractivity contribution in [3.05, 3.63) is 76.1 Å². The summed E-state index contributed by atoms with van der Waals surface area (Å²) in [7, 11) is 0. The van der Waals surface area contributed by atoms with Gasteiger partial charge in [0.2, 0.25) is 17.7 Å². The van der Waals surface area contributed by atoms with E-state index in [0.29, 0.717) is 21.8 Å². The Labute approximate surface area is 173 Å². The van der Waals surface area contributed by atoms with Crippen LogP contribution in [0.4, 0.5) is 0 Å². The number of carbonyl (C=O) groups is 1. The zero-order valence-corrected chi connectivity index (χ0v) is 17.0. The monoisotopic (exact) mass is 415 g/mol. The second-order valence-electron chi connectivity index (χ2n) is 6.46. The molecule has 0 radical (unpaired) electrons. The van der Waals surface area contributed by atoms with Gasteiger partial charge >= 0.3 is 0 Å². The number of hydrogen-bond acceptors (Lipinski definition) is 4. The van der Waals surface area contributed by atoms with E-state index in [1.165, 1.54) is 6.08 Å². The molecule has 7 heteroatoms. The van der Waals surface area contributed by atoms with Crippen LogP contribution in [0.25, 0.3) is 17.5 Å². The molecule has 1 aromatic heterocycles. The Bertz CT molecular complexity index is 981. The summed E-state index contributed by atoms with van der Waals surface area (Å²) in [6.07, 6.45) is 3.25. The summed E-state index contributed by atoms with van der Waals surface area (Å²) >= 11 is 11.9. The Hall–Kier alpha value is -2.63. The first-order valence-corrected chi connectivity index (χ1v) is 9.50. The number of rotatable bonds is 6. The smallest absolute Gasteiger partial charge is 0.247 e. The van der Waals surface area contributed by atoms with Gasteiger partial charge in [0.15, 0.2) is 0 Å². The van der Waals surface area contributed by atoms with Crippen LogP contribution in [0, 0.1) is 0 Å². The van der Waals surface area contributed by atoms with Crippen LogP contribution >= 0.6 is 23.2 Å². The molecule has 28 heavy (non-hydrogen) atoms. The van der Waals surface area contributed by atoms with Gasteiger partial charge in [-0.15, -0.1) is 10.2 Å². The van der Waals surface area contributed by atoms with Crippen molar-refractivity contribution in [1.29, 1.82) is 0 Å². The molecule has 144 valence electrons. The second kappa shape index (κ2) is 9.04. The second-order valence-corrected chi connectivity index (χ2v) is 7.33. The average molecular weight is 416 g/mol. The molecule has 3 aromatic rings. The van der Waals surface area contributed by atoms with Crippen LogP contribution in [-0.2, 0) is 11.3 Å². The quantitative estimate of drug-likeness (QED) is 0.499. The summed E-state index contributed by atoms with van der Waals surface area (Å²) < 4.78 is 5.72. The van der Waals surface area contributed by atoms with Crippen molar-refractivity contribution in [3.63, 3.8) is 0 Å². The molecule has 0 saturated heterocycles. The van der Waals surface area contributed by atoms with Crippen molar-refractivity contribution < 1.29 is 9.21 Å². The lowest BCUT2D eigenvalue weighted by atomic mass is 10.2.